The fourth-order valence-electron chi connectivity index (χ4n) is 2.18. The summed E-state index contributed by atoms with van der Waals surface area (Å²) >= 11 is 0. The van der Waals surface area contributed by atoms with E-state index in [0.29, 0.717) is 17.1 Å². The number of nitrogens with two attached hydrogens (primary N) is 1. The number of esters is 1. The van der Waals surface area contributed by atoms with Crippen molar-refractivity contribution >= 4 is 11.7 Å². The second kappa shape index (κ2) is 7.06. The molecule has 2 N–H and O–H groups in total. The molecule has 1 heterocycles. The summed E-state index contributed by atoms with van der Waals surface area (Å²) in [5.74, 6) is 0.324. The van der Waals surface area contributed by atoms with Gasteiger partial charge in [0.15, 0.2) is 0 Å². The van der Waals surface area contributed by atoms with Crippen LogP contribution in [0.1, 0.15) is 18.2 Å². The van der Waals surface area contributed by atoms with Gasteiger partial charge in [-0.1, -0.05) is 6.07 Å². The Bertz CT molecular complexity index is 723. The van der Waals surface area contributed by atoms with E-state index in [1.807, 2.05) is 0 Å². The van der Waals surface area contributed by atoms with E-state index >= 15 is 0 Å². The van der Waals surface area contributed by atoms with Crippen molar-refractivity contribution in [3.8, 4) is 11.3 Å². The molecule has 1 aromatic carbocycles. The second-order valence-electron chi connectivity index (χ2n) is 5.11. The van der Waals surface area contributed by atoms with E-state index in [1.165, 1.54) is 6.07 Å². The highest BCUT2D eigenvalue weighted by molar-refractivity contribution is 5.76. The van der Waals surface area contributed by atoms with Gasteiger partial charge in [-0.05, 0) is 37.6 Å². The van der Waals surface area contributed by atoms with Crippen LogP contribution in [0, 0.1) is 17.0 Å². The number of benzene rings is 1. The van der Waals surface area contributed by atoms with Gasteiger partial charge in [-0.2, -0.15) is 0 Å². The third-order valence-electron chi connectivity index (χ3n) is 3.29. The van der Waals surface area contributed by atoms with Gasteiger partial charge in [-0.3, -0.25) is 14.9 Å². The quantitative estimate of drug-likeness (QED) is 0.498. The van der Waals surface area contributed by atoms with Crippen LogP contribution >= 0.6 is 0 Å². The van der Waals surface area contributed by atoms with Crippen molar-refractivity contribution in [3.05, 3.63) is 51.8 Å². The maximum Gasteiger partial charge on any atom is 0.323 e. The number of furan rings is 1. The third-order valence-corrected chi connectivity index (χ3v) is 3.29. The number of rotatable bonds is 6. The van der Waals surface area contributed by atoms with Gasteiger partial charge in [0.05, 0.1) is 17.1 Å². The molecule has 0 aliphatic carbocycles. The van der Waals surface area contributed by atoms with Crippen molar-refractivity contribution in [2.75, 3.05) is 6.61 Å². The minimum absolute atomic E-state index is 0.0272. The minimum Gasteiger partial charge on any atom is -0.465 e. The number of nitro benzene ring substituents is 1. The molecule has 0 spiro atoms. The summed E-state index contributed by atoms with van der Waals surface area (Å²) in [4.78, 5) is 22.3. The van der Waals surface area contributed by atoms with Crippen LogP contribution in [0.4, 0.5) is 5.69 Å². The molecule has 0 fully saturated rings. The lowest BCUT2D eigenvalue weighted by Gasteiger charge is -2.08. The van der Waals surface area contributed by atoms with E-state index in [4.69, 9.17) is 14.9 Å². The lowest BCUT2D eigenvalue weighted by Crippen LogP contribution is -2.34. The first kappa shape index (κ1) is 16.7. The SMILES string of the molecule is CCOC(=O)C(N)Cc1ccc(-c2ccc(C)cc2[N+](=O)[O-])o1. The number of hydrogen-bond donors (Lipinski definition) is 1. The van der Waals surface area contributed by atoms with Gasteiger partial charge < -0.3 is 14.9 Å². The van der Waals surface area contributed by atoms with Crippen molar-refractivity contribution in [1.29, 1.82) is 0 Å². The smallest absolute Gasteiger partial charge is 0.323 e. The van der Waals surface area contributed by atoms with Gasteiger partial charge in [-0.25, -0.2) is 0 Å². The average molecular weight is 318 g/mol. The van der Waals surface area contributed by atoms with Crippen molar-refractivity contribution in [3.63, 3.8) is 0 Å². The van der Waals surface area contributed by atoms with E-state index < -0.39 is 16.9 Å². The molecule has 0 amide bonds. The number of aryl methyl sites for hydroxylation is 1. The molecule has 0 radical (unpaired) electrons. The number of ether oxygens (including phenoxy) is 1. The molecule has 0 bridgehead atoms. The molecule has 2 rings (SSSR count). The molecule has 0 saturated heterocycles. The monoisotopic (exact) mass is 318 g/mol. The second-order valence-corrected chi connectivity index (χ2v) is 5.11. The fourth-order valence-corrected chi connectivity index (χ4v) is 2.18. The van der Waals surface area contributed by atoms with Crippen molar-refractivity contribution in [1.82, 2.24) is 0 Å². The number of carbonyl (C=O) groups is 1. The molecule has 0 aliphatic rings. The molecular formula is C16H18N2O5. The predicted molar refractivity (Wildman–Crippen MR) is 83.8 cm³/mol. The lowest BCUT2D eigenvalue weighted by atomic mass is 10.1. The van der Waals surface area contributed by atoms with Gasteiger partial charge >= 0.3 is 5.97 Å². The Balaban J connectivity index is 2.23. The van der Waals surface area contributed by atoms with E-state index in [1.54, 1.807) is 38.1 Å². The van der Waals surface area contributed by atoms with Gasteiger partial charge in [0.1, 0.15) is 17.6 Å². The zero-order chi connectivity index (χ0) is 17.0. The lowest BCUT2D eigenvalue weighted by molar-refractivity contribution is -0.384. The van der Waals surface area contributed by atoms with Crippen LogP contribution in [0.3, 0.4) is 0 Å². The fraction of sp³-hybridized carbons (Fsp3) is 0.312. The first-order valence-corrected chi connectivity index (χ1v) is 7.18. The Hall–Kier alpha value is -2.67. The topological polar surface area (TPSA) is 109 Å². The first-order chi connectivity index (χ1) is 10.9. The zero-order valence-electron chi connectivity index (χ0n) is 12.9. The molecule has 1 unspecified atom stereocenters. The van der Waals surface area contributed by atoms with Crippen LogP contribution in [-0.2, 0) is 16.0 Å². The van der Waals surface area contributed by atoms with E-state index in [9.17, 15) is 14.9 Å². The van der Waals surface area contributed by atoms with Crippen LogP contribution in [0.15, 0.2) is 34.7 Å². The minimum atomic E-state index is -0.832. The summed E-state index contributed by atoms with van der Waals surface area (Å²) in [5.41, 5.74) is 6.89. The molecule has 1 aromatic heterocycles. The van der Waals surface area contributed by atoms with Crippen LogP contribution in [-0.4, -0.2) is 23.5 Å². The normalized spacial score (nSPS) is 12.0. The maximum absolute atomic E-state index is 11.5. The molecular weight excluding hydrogens is 300 g/mol. The molecule has 2 aromatic rings. The Morgan fingerprint density at radius 1 is 1.39 bits per heavy atom. The average Bonchev–Trinajstić information content (AvgIpc) is 2.95. The number of nitrogens with zero attached hydrogens (tertiary/aromatic N) is 1. The zero-order valence-corrected chi connectivity index (χ0v) is 12.9. The van der Waals surface area contributed by atoms with Gasteiger partial charge in [0.25, 0.3) is 5.69 Å². The number of hydrogen-bond acceptors (Lipinski definition) is 6. The van der Waals surface area contributed by atoms with Crippen molar-refractivity contribution in [2.24, 2.45) is 5.73 Å². The van der Waals surface area contributed by atoms with E-state index in [0.717, 1.165) is 5.56 Å². The molecule has 0 saturated carbocycles. The summed E-state index contributed by atoms with van der Waals surface area (Å²) in [7, 11) is 0. The van der Waals surface area contributed by atoms with Crippen LogP contribution in [0.5, 0.6) is 0 Å². The van der Waals surface area contributed by atoms with E-state index in [-0.39, 0.29) is 18.7 Å². The Morgan fingerprint density at radius 3 is 2.78 bits per heavy atom. The third kappa shape index (κ3) is 3.95. The maximum atomic E-state index is 11.5. The molecule has 7 nitrogen and oxygen atoms in total. The molecule has 23 heavy (non-hydrogen) atoms. The number of carbonyl (C=O) groups excluding carboxylic acids is 1. The highest BCUT2D eigenvalue weighted by Gasteiger charge is 2.21. The van der Waals surface area contributed by atoms with Gasteiger partial charge in [0, 0.05) is 12.5 Å². The summed E-state index contributed by atoms with van der Waals surface area (Å²) in [6.45, 7) is 3.74. The predicted octanol–water partition coefficient (Wildman–Crippen LogP) is 2.60. The van der Waals surface area contributed by atoms with E-state index in [2.05, 4.69) is 0 Å². The van der Waals surface area contributed by atoms with Crippen LogP contribution in [0.25, 0.3) is 11.3 Å². The van der Waals surface area contributed by atoms with Crippen LogP contribution in [0.2, 0.25) is 0 Å². The largest absolute Gasteiger partial charge is 0.465 e. The summed E-state index contributed by atoms with van der Waals surface area (Å²) in [5, 5.41) is 11.2. The van der Waals surface area contributed by atoms with Crippen molar-refractivity contribution < 1.29 is 18.9 Å². The first-order valence-electron chi connectivity index (χ1n) is 7.18. The highest BCUT2D eigenvalue weighted by atomic mass is 16.6. The summed E-state index contributed by atoms with van der Waals surface area (Å²) in [6, 6.07) is 7.35. The van der Waals surface area contributed by atoms with Gasteiger partial charge in [0.2, 0.25) is 0 Å². The summed E-state index contributed by atoms with van der Waals surface area (Å²) < 4.78 is 10.4. The number of nitro groups is 1. The highest BCUT2D eigenvalue weighted by Crippen LogP contribution is 2.32. The molecule has 1 atom stereocenters. The Kier molecular flexibility index (Phi) is 5.13. The molecule has 7 heteroatoms. The van der Waals surface area contributed by atoms with Crippen molar-refractivity contribution in [2.45, 2.75) is 26.3 Å². The van der Waals surface area contributed by atoms with Gasteiger partial charge in [-0.15, -0.1) is 0 Å². The van der Waals surface area contributed by atoms with Crippen LogP contribution < -0.4 is 5.73 Å². The molecule has 122 valence electrons. The molecule has 0 aliphatic heterocycles. The summed E-state index contributed by atoms with van der Waals surface area (Å²) in [6.07, 6.45) is 0.165. The Morgan fingerprint density at radius 2 is 2.13 bits per heavy atom. The Labute approximate surface area is 133 Å². The standard InChI is InChI=1S/C16H18N2O5/c1-3-22-16(19)13(17)9-11-5-7-15(23-11)12-6-4-10(2)8-14(12)18(20)21/h4-8,13H,3,9,17H2,1-2H3.